The number of hydrogen-bond donors (Lipinski definition) is 2. The highest BCUT2D eigenvalue weighted by atomic mass is 19.4. The standard InChI is InChI=1S/C17H21F3N2O4/c18-17(19,20)13-6-8-22(9-7-13)10-14(15(23)24)21-16(25)26-11-12-4-2-1-3-5-12/h1-5,13-14H,6-11H2,(H,21,25)(H,23,24)/t14-/m0/s1. The second-order valence-corrected chi connectivity index (χ2v) is 6.21. The predicted molar refractivity (Wildman–Crippen MR) is 86.4 cm³/mol. The lowest BCUT2D eigenvalue weighted by molar-refractivity contribution is -0.185. The molecule has 1 aliphatic rings. The van der Waals surface area contributed by atoms with Gasteiger partial charge in [0, 0.05) is 6.54 Å². The summed E-state index contributed by atoms with van der Waals surface area (Å²) in [6.07, 6.45) is -5.26. The first-order valence-corrected chi connectivity index (χ1v) is 8.25. The third-order valence-corrected chi connectivity index (χ3v) is 4.29. The Labute approximate surface area is 148 Å². The van der Waals surface area contributed by atoms with E-state index in [-0.39, 0.29) is 39.1 Å². The van der Waals surface area contributed by atoms with Crippen molar-refractivity contribution in [3.63, 3.8) is 0 Å². The number of ether oxygens (including phenoxy) is 1. The van der Waals surface area contributed by atoms with Crippen LogP contribution in [0.2, 0.25) is 0 Å². The Morgan fingerprint density at radius 3 is 2.38 bits per heavy atom. The van der Waals surface area contributed by atoms with Crippen LogP contribution in [0.3, 0.4) is 0 Å². The van der Waals surface area contributed by atoms with Crippen LogP contribution in [0.15, 0.2) is 30.3 Å². The molecule has 1 atom stereocenters. The quantitative estimate of drug-likeness (QED) is 0.800. The number of halogens is 3. The van der Waals surface area contributed by atoms with Gasteiger partial charge in [-0.15, -0.1) is 0 Å². The van der Waals surface area contributed by atoms with E-state index in [1.165, 1.54) is 0 Å². The number of aliphatic carboxylic acids is 1. The highest BCUT2D eigenvalue weighted by Crippen LogP contribution is 2.34. The minimum Gasteiger partial charge on any atom is -0.480 e. The van der Waals surface area contributed by atoms with Gasteiger partial charge in [-0.1, -0.05) is 30.3 Å². The summed E-state index contributed by atoms with van der Waals surface area (Å²) in [5.74, 6) is -2.62. The summed E-state index contributed by atoms with van der Waals surface area (Å²) in [4.78, 5) is 24.7. The van der Waals surface area contributed by atoms with Crippen LogP contribution >= 0.6 is 0 Å². The smallest absolute Gasteiger partial charge is 0.408 e. The minimum atomic E-state index is -4.22. The number of likely N-dealkylation sites (tertiary alicyclic amines) is 1. The van der Waals surface area contributed by atoms with Crippen LogP contribution in [0.25, 0.3) is 0 Å². The zero-order valence-corrected chi connectivity index (χ0v) is 14.0. The molecule has 6 nitrogen and oxygen atoms in total. The number of hydrogen-bond acceptors (Lipinski definition) is 4. The van der Waals surface area contributed by atoms with E-state index in [1.807, 2.05) is 6.07 Å². The number of carboxylic acid groups (broad SMARTS) is 1. The van der Waals surface area contributed by atoms with Crippen molar-refractivity contribution in [1.82, 2.24) is 10.2 Å². The fourth-order valence-corrected chi connectivity index (χ4v) is 2.79. The van der Waals surface area contributed by atoms with Gasteiger partial charge in [0.25, 0.3) is 0 Å². The Balaban J connectivity index is 1.80. The lowest BCUT2D eigenvalue weighted by Crippen LogP contribution is -2.51. The summed E-state index contributed by atoms with van der Waals surface area (Å²) in [5.41, 5.74) is 0.753. The van der Waals surface area contributed by atoms with E-state index in [0.29, 0.717) is 0 Å². The molecule has 0 aromatic heterocycles. The number of alkyl halides is 3. The van der Waals surface area contributed by atoms with Crippen LogP contribution < -0.4 is 5.32 Å². The lowest BCUT2D eigenvalue weighted by atomic mass is 9.96. The van der Waals surface area contributed by atoms with E-state index in [0.717, 1.165) is 5.56 Å². The van der Waals surface area contributed by atoms with Gasteiger partial charge in [-0.25, -0.2) is 9.59 Å². The number of alkyl carbamates (subject to hydrolysis) is 1. The Hall–Kier alpha value is -2.29. The van der Waals surface area contributed by atoms with E-state index in [2.05, 4.69) is 5.32 Å². The predicted octanol–water partition coefficient (Wildman–Crippen LogP) is 2.64. The fourth-order valence-electron chi connectivity index (χ4n) is 2.79. The van der Waals surface area contributed by atoms with E-state index in [1.54, 1.807) is 29.2 Å². The average molecular weight is 374 g/mol. The summed E-state index contributed by atoms with van der Waals surface area (Å²) in [6, 6.07) is 7.63. The zero-order valence-electron chi connectivity index (χ0n) is 14.0. The summed E-state index contributed by atoms with van der Waals surface area (Å²) in [7, 11) is 0. The Bertz CT molecular complexity index is 602. The molecule has 0 spiro atoms. The molecule has 2 rings (SSSR count). The van der Waals surface area contributed by atoms with Crippen LogP contribution in [-0.4, -0.2) is 53.9 Å². The maximum absolute atomic E-state index is 12.7. The highest BCUT2D eigenvalue weighted by Gasteiger charge is 2.41. The van der Waals surface area contributed by atoms with E-state index < -0.39 is 30.2 Å². The number of benzene rings is 1. The molecule has 1 aliphatic heterocycles. The maximum Gasteiger partial charge on any atom is 0.408 e. The lowest BCUT2D eigenvalue weighted by Gasteiger charge is -2.34. The molecule has 0 unspecified atom stereocenters. The molecule has 1 amide bonds. The number of rotatable bonds is 6. The highest BCUT2D eigenvalue weighted by molar-refractivity contribution is 5.80. The molecule has 2 N–H and O–H groups in total. The number of carbonyl (C=O) groups is 2. The molecule has 0 bridgehead atoms. The number of carboxylic acids is 1. The molecular weight excluding hydrogens is 353 g/mol. The molecule has 1 heterocycles. The SMILES string of the molecule is O=C(N[C@@H](CN1CCC(C(F)(F)F)CC1)C(=O)O)OCc1ccccc1. The molecule has 1 aromatic rings. The van der Waals surface area contributed by atoms with Crippen LogP contribution in [0, 0.1) is 5.92 Å². The second-order valence-electron chi connectivity index (χ2n) is 6.21. The normalized spacial score (nSPS) is 17.5. The van der Waals surface area contributed by atoms with Crippen LogP contribution in [0.4, 0.5) is 18.0 Å². The molecule has 0 aliphatic carbocycles. The van der Waals surface area contributed by atoms with Gasteiger partial charge >= 0.3 is 18.2 Å². The summed E-state index contributed by atoms with van der Waals surface area (Å²) >= 11 is 0. The van der Waals surface area contributed by atoms with Gasteiger partial charge in [0.1, 0.15) is 12.6 Å². The third kappa shape index (κ3) is 6.21. The molecule has 144 valence electrons. The van der Waals surface area contributed by atoms with E-state index >= 15 is 0 Å². The van der Waals surface area contributed by atoms with Crippen LogP contribution in [0.1, 0.15) is 18.4 Å². The summed E-state index contributed by atoms with van der Waals surface area (Å²) in [5, 5.41) is 11.5. The zero-order chi connectivity index (χ0) is 19.2. The van der Waals surface area contributed by atoms with Crippen molar-refractivity contribution in [2.45, 2.75) is 31.7 Å². The number of piperidine rings is 1. The Morgan fingerprint density at radius 2 is 1.85 bits per heavy atom. The van der Waals surface area contributed by atoms with Crippen LogP contribution in [0.5, 0.6) is 0 Å². The van der Waals surface area contributed by atoms with Gasteiger partial charge in [-0.05, 0) is 31.5 Å². The third-order valence-electron chi connectivity index (χ3n) is 4.29. The van der Waals surface area contributed by atoms with Gasteiger partial charge in [-0.2, -0.15) is 13.2 Å². The van der Waals surface area contributed by atoms with Crippen LogP contribution in [-0.2, 0) is 16.1 Å². The van der Waals surface area contributed by atoms with Gasteiger partial charge in [0.15, 0.2) is 0 Å². The molecule has 0 radical (unpaired) electrons. The Morgan fingerprint density at radius 1 is 1.23 bits per heavy atom. The molecule has 1 aromatic carbocycles. The van der Waals surface area contributed by atoms with Gasteiger partial charge < -0.3 is 20.1 Å². The van der Waals surface area contributed by atoms with E-state index in [4.69, 9.17) is 4.74 Å². The van der Waals surface area contributed by atoms with Crippen molar-refractivity contribution in [1.29, 1.82) is 0 Å². The average Bonchev–Trinajstić information content (AvgIpc) is 2.60. The monoisotopic (exact) mass is 374 g/mol. The van der Waals surface area contributed by atoms with Crippen molar-refractivity contribution < 1.29 is 32.6 Å². The Kier molecular flexibility index (Phi) is 6.84. The van der Waals surface area contributed by atoms with Crippen molar-refractivity contribution in [2.75, 3.05) is 19.6 Å². The minimum absolute atomic E-state index is 0.00398. The fraction of sp³-hybridized carbons (Fsp3) is 0.529. The van der Waals surface area contributed by atoms with E-state index in [9.17, 15) is 27.9 Å². The molecule has 1 fully saturated rings. The van der Waals surface area contributed by atoms with Gasteiger partial charge in [0.05, 0.1) is 5.92 Å². The van der Waals surface area contributed by atoms with Crippen molar-refractivity contribution in [3.05, 3.63) is 35.9 Å². The number of nitrogens with zero attached hydrogens (tertiary/aromatic N) is 1. The number of amides is 1. The van der Waals surface area contributed by atoms with Crippen molar-refractivity contribution >= 4 is 12.1 Å². The first kappa shape index (κ1) is 20.0. The molecule has 26 heavy (non-hydrogen) atoms. The van der Waals surface area contributed by atoms with Crippen molar-refractivity contribution in [3.8, 4) is 0 Å². The molecule has 1 saturated heterocycles. The number of carbonyl (C=O) groups excluding carboxylic acids is 1. The molecule has 9 heteroatoms. The summed E-state index contributed by atoms with van der Waals surface area (Å²) < 4.78 is 43.0. The molecular formula is C17H21F3N2O4. The number of nitrogens with one attached hydrogen (secondary N) is 1. The first-order chi connectivity index (χ1) is 12.3. The topological polar surface area (TPSA) is 78.9 Å². The maximum atomic E-state index is 12.7. The second kappa shape index (κ2) is 8.88. The summed E-state index contributed by atoms with van der Waals surface area (Å²) in [6.45, 7) is 0.194. The largest absolute Gasteiger partial charge is 0.480 e. The molecule has 0 saturated carbocycles. The first-order valence-electron chi connectivity index (χ1n) is 8.25. The van der Waals surface area contributed by atoms with Gasteiger partial charge in [0.2, 0.25) is 0 Å². The van der Waals surface area contributed by atoms with Crippen molar-refractivity contribution in [2.24, 2.45) is 5.92 Å². The van der Waals surface area contributed by atoms with Gasteiger partial charge in [-0.3, -0.25) is 0 Å².